The topological polar surface area (TPSA) is 57.4 Å². The second-order valence-electron chi connectivity index (χ2n) is 5.21. The number of H-pyrrole nitrogens is 2. The molecule has 0 saturated heterocycles. The van der Waals surface area contributed by atoms with E-state index in [1.165, 1.54) is 0 Å². The van der Waals surface area contributed by atoms with Gasteiger partial charge in [-0.15, -0.1) is 0 Å². The number of hydrogen-bond donors (Lipinski definition) is 2. The molecule has 2 heterocycles. The predicted molar refractivity (Wildman–Crippen MR) is 103 cm³/mol. The Labute approximate surface area is 148 Å². The fourth-order valence-corrected chi connectivity index (χ4v) is 3.86. The third-order valence-corrected chi connectivity index (χ3v) is 5.19. The molecule has 6 heteroatoms. The first-order chi connectivity index (χ1) is 11.9. The molecule has 4 rings (SSSR count). The fourth-order valence-electron chi connectivity index (χ4n) is 2.39. The van der Waals surface area contributed by atoms with E-state index in [0.29, 0.717) is 0 Å². The van der Waals surface area contributed by atoms with Crippen molar-refractivity contribution in [1.82, 2.24) is 19.9 Å². The lowest BCUT2D eigenvalue weighted by molar-refractivity contribution is 1.08. The maximum absolute atomic E-state index is 4.56. The monoisotopic (exact) mass is 352 g/mol. The molecule has 0 atom stereocenters. The Balaban J connectivity index is 1.27. The number of hydrogen-bond acceptors (Lipinski definition) is 4. The van der Waals surface area contributed by atoms with Gasteiger partial charge in [0.15, 0.2) is 10.3 Å². The van der Waals surface area contributed by atoms with Crippen LogP contribution in [0.25, 0.3) is 22.1 Å². The number of benzene rings is 2. The highest BCUT2D eigenvalue weighted by molar-refractivity contribution is 7.99. The summed E-state index contributed by atoms with van der Waals surface area (Å²) < 4.78 is 0. The fraction of sp³-hybridized carbons (Fsp3) is 0.111. The van der Waals surface area contributed by atoms with E-state index >= 15 is 0 Å². The zero-order chi connectivity index (χ0) is 16.2. The zero-order valence-electron chi connectivity index (χ0n) is 12.9. The van der Waals surface area contributed by atoms with Crippen molar-refractivity contribution in [3.05, 3.63) is 60.7 Å². The maximum atomic E-state index is 4.56. The van der Waals surface area contributed by atoms with Crippen LogP contribution in [0.15, 0.2) is 71.0 Å². The van der Waals surface area contributed by atoms with Crippen molar-refractivity contribution >= 4 is 45.6 Å². The molecule has 4 aromatic rings. The molecule has 0 aliphatic rings. The van der Waals surface area contributed by atoms with Crippen LogP contribution >= 0.6 is 23.5 Å². The predicted octanol–water partition coefficient (Wildman–Crippen LogP) is 4.88. The highest BCUT2D eigenvalue weighted by Gasteiger charge is 2.02. The Morgan fingerprint density at radius 1 is 0.708 bits per heavy atom. The Kier molecular flexibility index (Phi) is 4.57. The Hall–Kier alpha value is -2.18. The van der Waals surface area contributed by atoms with Crippen molar-refractivity contribution in [1.29, 1.82) is 0 Å². The Bertz CT molecular complexity index is 841. The lowest BCUT2D eigenvalue weighted by Gasteiger charge is -1.92. The van der Waals surface area contributed by atoms with E-state index in [0.717, 1.165) is 43.9 Å². The second kappa shape index (κ2) is 7.15. The summed E-state index contributed by atoms with van der Waals surface area (Å²) in [6, 6.07) is 16.2. The molecule has 0 radical (unpaired) electrons. The summed E-state index contributed by atoms with van der Waals surface area (Å²) in [5.41, 5.74) is 4.21. The van der Waals surface area contributed by atoms with Gasteiger partial charge < -0.3 is 9.97 Å². The van der Waals surface area contributed by atoms with Crippen molar-refractivity contribution < 1.29 is 0 Å². The zero-order valence-corrected chi connectivity index (χ0v) is 14.5. The summed E-state index contributed by atoms with van der Waals surface area (Å²) in [6.45, 7) is 0. The minimum Gasteiger partial charge on any atom is -0.333 e. The first-order valence-corrected chi connectivity index (χ1v) is 9.66. The molecule has 0 unspecified atom stereocenters. The highest BCUT2D eigenvalue weighted by atomic mass is 32.2. The van der Waals surface area contributed by atoms with Gasteiger partial charge in [-0.2, -0.15) is 0 Å². The van der Waals surface area contributed by atoms with Crippen LogP contribution in [0.5, 0.6) is 0 Å². The van der Waals surface area contributed by atoms with E-state index in [-0.39, 0.29) is 0 Å². The van der Waals surface area contributed by atoms with Gasteiger partial charge in [-0.3, -0.25) is 0 Å². The van der Waals surface area contributed by atoms with E-state index in [2.05, 4.69) is 32.1 Å². The van der Waals surface area contributed by atoms with Gasteiger partial charge >= 0.3 is 0 Å². The van der Waals surface area contributed by atoms with Crippen molar-refractivity contribution in [2.45, 2.75) is 10.3 Å². The summed E-state index contributed by atoms with van der Waals surface area (Å²) in [5.74, 6) is 1.81. The number of para-hydroxylation sites is 4. The van der Waals surface area contributed by atoms with Crippen LogP contribution < -0.4 is 0 Å². The average Bonchev–Trinajstić information content (AvgIpc) is 3.20. The molecule has 2 N–H and O–H groups in total. The summed E-state index contributed by atoms with van der Waals surface area (Å²) in [6.07, 6.45) is 4.35. The third kappa shape index (κ3) is 3.49. The molecule has 0 spiro atoms. The number of fused-ring (bicyclic) bond motifs is 2. The van der Waals surface area contributed by atoms with Gasteiger partial charge in [-0.25, -0.2) is 9.97 Å². The first kappa shape index (κ1) is 15.4. The summed E-state index contributed by atoms with van der Waals surface area (Å²) in [4.78, 5) is 15.8. The second-order valence-corrected chi connectivity index (χ2v) is 7.23. The van der Waals surface area contributed by atoms with Gasteiger partial charge in [0.05, 0.1) is 22.1 Å². The third-order valence-electron chi connectivity index (χ3n) is 3.53. The molecule has 0 bridgehead atoms. The number of rotatable bonds is 6. The number of imidazole rings is 2. The summed E-state index contributed by atoms with van der Waals surface area (Å²) in [5, 5.41) is 1.93. The minimum absolute atomic E-state index is 0.903. The standard InChI is InChI=1S/C18H16N4S2/c1-2-8-14-13(7-1)19-17(20-14)23-11-5-6-12-24-18-21-15-9-3-4-10-16(15)22-18/h1-10H,11-12H2,(H,19,20)(H,21,22)/b6-5+. The number of nitrogens with zero attached hydrogens (tertiary/aromatic N) is 2. The number of aromatic nitrogens is 4. The van der Waals surface area contributed by atoms with Crippen molar-refractivity contribution in [2.75, 3.05) is 11.5 Å². The van der Waals surface area contributed by atoms with Crippen LogP contribution in [-0.4, -0.2) is 31.4 Å². The lowest BCUT2D eigenvalue weighted by Crippen LogP contribution is -1.79. The van der Waals surface area contributed by atoms with Crippen LogP contribution in [0.2, 0.25) is 0 Å². The van der Waals surface area contributed by atoms with Gasteiger partial charge in [0.1, 0.15) is 0 Å². The molecule has 24 heavy (non-hydrogen) atoms. The molecule has 0 fully saturated rings. The molecular weight excluding hydrogens is 336 g/mol. The molecule has 4 nitrogen and oxygen atoms in total. The Morgan fingerprint density at radius 3 is 1.62 bits per heavy atom. The van der Waals surface area contributed by atoms with E-state index in [4.69, 9.17) is 0 Å². The normalized spacial score (nSPS) is 11.8. The maximum Gasteiger partial charge on any atom is 0.166 e. The van der Waals surface area contributed by atoms with Gasteiger partial charge in [-0.1, -0.05) is 59.9 Å². The largest absolute Gasteiger partial charge is 0.333 e. The number of thioether (sulfide) groups is 2. The summed E-state index contributed by atoms with van der Waals surface area (Å²) in [7, 11) is 0. The quantitative estimate of drug-likeness (QED) is 0.383. The molecule has 0 amide bonds. The van der Waals surface area contributed by atoms with E-state index in [9.17, 15) is 0 Å². The molecule has 0 aliphatic carbocycles. The average molecular weight is 352 g/mol. The SMILES string of the molecule is C(=C\CSc1nc2ccccc2[nH]1)/CSc1nc2ccccc2[nH]1. The van der Waals surface area contributed by atoms with Crippen molar-refractivity contribution in [3.63, 3.8) is 0 Å². The van der Waals surface area contributed by atoms with Gasteiger partial charge in [0.2, 0.25) is 0 Å². The molecule has 120 valence electrons. The molecular formula is C18H16N4S2. The van der Waals surface area contributed by atoms with Crippen LogP contribution in [0.4, 0.5) is 0 Å². The number of aromatic amines is 2. The van der Waals surface area contributed by atoms with Crippen molar-refractivity contribution in [3.8, 4) is 0 Å². The van der Waals surface area contributed by atoms with Crippen molar-refractivity contribution in [2.24, 2.45) is 0 Å². The van der Waals surface area contributed by atoms with E-state index in [1.54, 1.807) is 23.5 Å². The van der Waals surface area contributed by atoms with Crippen LogP contribution in [0, 0.1) is 0 Å². The highest BCUT2D eigenvalue weighted by Crippen LogP contribution is 2.21. The molecule has 2 aromatic heterocycles. The van der Waals surface area contributed by atoms with Crippen LogP contribution in [0.1, 0.15) is 0 Å². The van der Waals surface area contributed by atoms with Crippen LogP contribution in [0.3, 0.4) is 0 Å². The molecule has 2 aromatic carbocycles. The first-order valence-electron chi connectivity index (χ1n) is 7.68. The smallest absolute Gasteiger partial charge is 0.166 e. The van der Waals surface area contributed by atoms with Gasteiger partial charge in [0, 0.05) is 11.5 Å². The van der Waals surface area contributed by atoms with E-state index < -0.39 is 0 Å². The Morgan fingerprint density at radius 2 is 1.17 bits per heavy atom. The lowest BCUT2D eigenvalue weighted by atomic mass is 10.3. The minimum atomic E-state index is 0.903. The van der Waals surface area contributed by atoms with Gasteiger partial charge in [-0.05, 0) is 24.3 Å². The van der Waals surface area contributed by atoms with Crippen LogP contribution in [-0.2, 0) is 0 Å². The van der Waals surface area contributed by atoms with E-state index in [1.807, 2.05) is 48.5 Å². The van der Waals surface area contributed by atoms with Gasteiger partial charge in [0.25, 0.3) is 0 Å². The molecule has 0 aliphatic heterocycles. The number of nitrogens with one attached hydrogen (secondary N) is 2. The molecule has 0 saturated carbocycles. The summed E-state index contributed by atoms with van der Waals surface area (Å²) >= 11 is 3.42.